The summed E-state index contributed by atoms with van der Waals surface area (Å²) in [6.07, 6.45) is 2.38. The molecule has 0 unspecified atom stereocenters. The highest BCUT2D eigenvalue weighted by Gasteiger charge is 2.28. The Kier molecular flexibility index (Phi) is 11.2. The monoisotopic (exact) mass is 618 g/mol. The van der Waals surface area contributed by atoms with Crippen LogP contribution in [0.1, 0.15) is 60.8 Å². The minimum atomic E-state index is -1.09. The van der Waals surface area contributed by atoms with Crippen molar-refractivity contribution in [1.29, 1.82) is 0 Å². The van der Waals surface area contributed by atoms with Crippen molar-refractivity contribution in [3.63, 3.8) is 0 Å². The van der Waals surface area contributed by atoms with E-state index in [-0.39, 0.29) is 31.5 Å². The molecule has 3 N–H and O–H groups in total. The van der Waals surface area contributed by atoms with E-state index in [1.807, 2.05) is 66.7 Å². The molecule has 0 radical (unpaired) electrons. The molecule has 0 aromatic heterocycles. The fourth-order valence-electron chi connectivity index (χ4n) is 5.85. The van der Waals surface area contributed by atoms with Gasteiger partial charge in [-0.15, -0.1) is 0 Å². The van der Waals surface area contributed by atoms with E-state index in [0.717, 1.165) is 52.6 Å². The summed E-state index contributed by atoms with van der Waals surface area (Å²) in [5.41, 5.74) is 6.52. The summed E-state index contributed by atoms with van der Waals surface area (Å²) in [6.45, 7) is 2.06. The van der Waals surface area contributed by atoms with Crippen LogP contribution in [0, 0.1) is 0 Å². The molecule has 0 aliphatic heterocycles. The maximum absolute atomic E-state index is 13.7. The maximum Gasteiger partial charge on any atom is 0.246 e. The number of nitrogens with one attached hydrogen (secondary N) is 2. The number of amides is 2. The van der Waals surface area contributed by atoms with E-state index in [0.29, 0.717) is 12.1 Å². The van der Waals surface area contributed by atoms with E-state index in [4.69, 9.17) is 4.74 Å². The second-order valence-corrected chi connectivity index (χ2v) is 11.5. The highest BCUT2D eigenvalue weighted by atomic mass is 16.6. The average Bonchev–Trinajstić information content (AvgIpc) is 3.41. The Morgan fingerprint density at radius 3 is 2.09 bits per heavy atom. The van der Waals surface area contributed by atoms with Gasteiger partial charge in [-0.05, 0) is 51.9 Å². The normalized spacial score (nSPS) is 13.7. The van der Waals surface area contributed by atoms with Crippen LogP contribution in [0.15, 0.2) is 108 Å². The molecule has 8 heteroatoms. The largest absolute Gasteiger partial charge is 0.599 e. The average molecular weight is 619 g/mol. The Morgan fingerprint density at radius 1 is 0.826 bits per heavy atom. The summed E-state index contributed by atoms with van der Waals surface area (Å²) >= 11 is 0. The number of carbonyl (C=O) groups is 2. The van der Waals surface area contributed by atoms with Gasteiger partial charge in [0.25, 0.3) is 0 Å². The molecule has 0 heterocycles. The van der Waals surface area contributed by atoms with E-state index in [9.17, 15) is 19.8 Å². The lowest BCUT2D eigenvalue weighted by Crippen LogP contribution is -2.48. The lowest BCUT2D eigenvalue weighted by molar-refractivity contribution is -0.251. The van der Waals surface area contributed by atoms with Crippen LogP contribution in [0.2, 0.25) is 0 Å². The highest BCUT2D eigenvalue weighted by Crippen LogP contribution is 2.44. The van der Waals surface area contributed by atoms with Gasteiger partial charge in [0.05, 0.1) is 6.61 Å². The number of rotatable bonds is 14. The summed E-state index contributed by atoms with van der Waals surface area (Å²) in [5, 5.41) is 28.3. The number of hydrogen-bond acceptors (Lipinski definition) is 6. The quantitative estimate of drug-likeness (QED) is 0.100. The molecule has 2 amide bonds. The molecular formula is C38H40N3O5-. The maximum atomic E-state index is 13.7. The molecule has 1 aliphatic carbocycles. The van der Waals surface area contributed by atoms with Gasteiger partial charge in [-0.25, -0.2) is 0 Å². The first-order valence-electron chi connectivity index (χ1n) is 15.9. The third-order valence-corrected chi connectivity index (χ3v) is 8.31. The minimum Gasteiger partial charge on any atom is -0.599 e. The van der Waals surface area contributed by atoms with Crippen LogP contribution in [0.5, 0.6) is 0 Å². The number of unbranched alkanes of at least 4 members (excludes halogenated alkanes) is 2. The lowest BCUT2D eigenvalue weighted by atomic mass is 9.98. The van der Waals surface area contributed by atoms with Gasteiger partial charge in [0, 0.05) is 24.6 Å². The van der Waals surface area contributed by atoms with Crippen LogP contribution in [-0.4, -0.2) is 41.7 Å². The zero-order valence-corrected chi connectivity index (χ0v) is 26.0. The first-order chi connectivity index (χ1) is 22.5. The van der Waals surface area contributed by atoms with Crippen LogP contribution >= 0.6 is 0 Å². The molecule has 5 rings (SSSR count). The molecule has 4 aromatic rings. The van der Waals surface area contributed by atoms with Crippen molar-refractivity contribution in [3.05, 3.63) is 125 Å². The highest BCUT2D eigenvalue weighted by molar-refractivity contribution is 5.98. The van der Waals surface area contributed by atoms with Crippen LogP contribution in [-0.2, 0) is 27.4 Å². The zero-order valence-electron chi connectivity index (χ0n) is 26.0. The molecular weight excluding hydrogens is 578 g/mol. The summed E-state index contributed by atoms with van der Waals surface area (Å²) < 4.78 is 5.71. The fourth-order valence-corrected chi connectivity index (χ4v) is 5.85. The fraction of sp³-hybridized carbons (Fsp3) is 0.289. The van der Waals surface area contributed by atoms with Crippen LogP contribution < -0.4 is 15.7 Å². The number of aliphatic imine (C=N–C) groups is 1. The van der Waals surface area contributed by atoms with Gasteiger partial charge in [0.15, 0.2) is 0 Å². The van der Waals surface area contributed by atoms with Gasteiger partial charge in [0.2, 0.25) is 11.8 Å². The smallest absolute Gasteiger partial charge is 0.246 e. The SMILES string of the molecule is CCCCC[C@H](NC(=O)[C@H](Cc1ccccc1)N=C([O-])OCC1c2ccccc2-c2ccccc21)C(=O)Nc1ccc(CO)cc1. The second-order valence-electron chi connectivity index (χ2n) is 11.5. The molecule has 1 aliphatic rings. The molecule has 0 fully saturated rings. The van der Waals surface area contributed by atoms with Gasteiger partial charge in [-0.1, -0.05) is 117 Å². The Morgan fingerprint density at radius 2 is 1.46 bits per heavy atom. The van der Waals surface area contributed by atoms with Crippen molar-refractivity contribution < 1.29 is 24.5 Å². The van der Waals surface area contributed by atoms with Crippen molar-refractivity contribution in [2.45, 2.75) is 63.6 Å². The summed E-state index contributed by atoms with van der Waals surface area (Å²) in [4.78, 5) is 31.3. The Labute approximate surface area is 270 Å². The van der Waals surface area contributed by atoms with Gasteiger partial charge in [0.1, 0.15) is 18.2 Å². The number of aliphatic hydroxyl groups is 1. The molecule has 2 atom stereocenters. The zero-order chi connectivity index (χ0) is 32.3. The van der Waals surface area contributed by atoms with Crippen LogP contribution in [0.4, 0.5) is 5.69 Å². The number of aliphatic hydroxyl groups excluding tert-OH is 1. The number of carbonyl (C=O) groups excluding carboxylic acids is 2. The molecule has 0 saturated carbocycles. The Hall–Kier alpha value is -4.95. The standard InChI is InChI=1S/C38H41N3O5/c1-2-3-5-18-34(36(43)39-28-21-19-27(24-42)20-22-28)40-37(44)35(23-26-12-6-4-7-13-26)41-38(45)46-25-33-31-16-10-8-14-29(31)30-15-9-11-17-32(30)33/h4,6-17,19-22,33-35,42H,2-3,5,18,23-25H2,1H3,(H,39,43)(H,40,44)(H,41,45)/p-1/t34-,35-/m0/s1. The number of benzene rings is 4. The molecule has 46 heavy (non-hydrogen) atoms. The summed E-state index contributed by atoms with van der Waals surface area (Å²) in [7, 11) is 0. The van der Waals surface area contributed by atoms with Crippen molar-refractivity contribution in [2.24, 2.45) is 4.99 Å². The predicted molar refractivity (Wildman–Crippen MR) is 178 cm³/mol. The summed E-state index contributed by atoms with van der Waals surface area (Å²) in [5.74, 6) is -1.02. The molecule has 238 valence electrons. The van der Waals surface area contributed by atoms with Crippen molar-refractivity contribution in [2.75, 3.05) is 11.9 Å². The van der Waals surface area contributed by atoms with Gasteiger partial charge in [-0.3, -0.25) is 14.6 Å². The predicted octanol–water partition coefficient (Wildman–Crippen LogP) is 5.34. The minimum absolute atomic E-state index is 0.0904. The molecule has 4 aromatic carbocycles. The number of nitrogens with zero attached hydrogens (tertiary/aromatic N) is 1. The van der Waals surface area contributed by atoms with Gasteiger partial charge >= 0.3 is 0 Å². The second kappa shape index (κ2) is 15.9. The molecule has 0 saturated heterocycles. The van der Waals surface area contributed by atoms with E-state index in [1.54, 1.807) is 24.3 Å². The lowest BCUT2D eigenvalue weighted by Gasteiger charge is -2.24. The van der Waals surface area contributed by atoms with Crippen LogP contribution in [0.3, 0.4) is 0 Å². The Balaban J connectivity index is 1.32. The van der Waals surface area contributed by atoms with E-state index in [1.165, 1.54) is 0 Å². The Bertz CT molecular complexity index is 1590. The van der Waals surface area contributed by atoms with E-state index >= 15 is 0 Å². The number of ether oxygens (including phenoxy) is 1. The molecule has 0 bridgehead atoms. The van der Waals surface area contributed by atoms with Crippen LogP contribution in [0.25, 0.3) is 11.1 Å². The topological polar surface area (TPSA) is 123 Å². The van der Waals surface area contributed by atoms with Crippen molar-refractivity contribution in [3.8, 4) is 11.1 Å². The number of anilines is 1. The first-order valence-corrected chi connectivity index (χ1v) is 15.9. The molecule has 0 spiro atoms. The van der Waals surface area contributed by atoms with Gasteiger partial charge < -0.3 is 25.6 Å². The third-order valence-electron chi connectivity index (χ3n) is 8.31. The van der Waals surface area contributed by atoms with E-state index in [2.05, 4.69) is 34.7 Å². The third kappa shape index (κ3) is 8.20. The first kappa shape index (κ1) is 32.4. The van der Waals surface area contributed by atoms with Gasteiger partial charge in [-0.2, -0.15) is 0 Å². The van der Waals surface area contributed by atoms with Crippen molar-refractivity contribution in [1.82, 2.24) is 5.32 Å². The molecule has 8 nitrogen and oxygen atoms in total. The number of hydrogen-bond donors (Lipinski definition) is 3. The van der Waals surface area contributed by atoms with Crippen molar-refractivity contribution >= 4 is 23.6 Å². The van der Waals surface area contributed by atoms with E-state index < -0.39 is 24.1 Å². The number of fused-ring (bicyclic) bond motifs is 3. The summed E-state index contributed by atoms with van der Waals surface area (Å²) in [6, 6.07) is 30.4.